The molecule has 4 nitrogen and oxygen atoms in total. The normalized spacial score (nSPS) is 11.8. The zero-order valence-electron chi connectivity index (χ0n) is 28.5. The van der Waals surface area contributed by atoms with E-state index in [9.17, 15) is 4.79 Å². The van der Waals surface area contributed by atoms with Gasteiger partial charge in [0.2, 0.25) is 5.43 Å². The van der Waals surface area contributed by atoms with Gasteiger partial charge in [-0.15, -0.1) is 0 Å². The summed E-state index contributed by atoms with van der Waals surface area (Å²) in [5.41, 5.74) is 12.5. The predicted molar refractivity (Wildman–Crippen MR) is 220 cm³/mol. The Kier molecular flexibility index (Phi) is 6.37. The molecule has 0 amide bonds. The lowest BCUT2D eigenvalue weighted by Crippen LogP contribution is -2.01. The lowest BCUT2D eigenvalue weighted by Gasteiger charge is -2.10. The van der Waals surface area contributed by atoms with Gasteiger partial charge in [0.25, 0.3) is 0 Å². The summed E-state index contributed by atoms with van der Waals surface area (Å²) in [6, 6.07) is 63.4. The van der Waals surface area contributed by atoms with Gasteiger partial charge in [-0.2, -0.15) is 0 Å². The van der Waals surface area contributed by atoms with Crippen LogP contribution in [0.1, 0.15) is 0 Å². The maximum atomic E-state index is 13.2. The van der Waals surface area contributed by atoms with Gasteiger partial charge < -0.3 is 13.6 Å². The molecule has 0 aliphatic heterocycles. The van der Waals surface area contributed by atoms with Gasteiger partial charge in [0.1, 0.15) is 11.2 Å². The highest BCUT2D eigenvalue weighted by Crippen LogP contribution is 2.43. The van der Waals surface area contributed by atoms with Gasteiger partial charge in [0.15, 0.2) is 0 Å². The standard InChI is InChI=1S/C49H30N2O2/c52-49-39-19-8-10-21-45(39)53-46-30-34(22-24-40(46)49)32-13-11-12-31(28-32)33-23-26-43-41(29-33)37-25-27-44-47(48(37)51(43)36-16-5-2-6-17-36)38-18-7-9-20-42(38)50(44)35-14-3-1-4-15-35/h1-30H. The molecule has 3 heterocycles. The molecular formula is C49H30N2O2. The first kappa shape index (κ1) is 29.5. The third-order valence-corrected chi connectivity index (χ3v) is 10.7. The van der Waals surface area contributed by atoms with Gasteiger partial charge in [-0.05, 0) is 101 Å². The highest BCUT2D eigenvalue weighted by atomic mass is 16.3. The van der Waals surface area contributed by atoms with Crippen molar-refractivity contribution in [2.45, 2.75) is 0 Å². The Morgan fingerprint density at radius 2 is 0.925 bits per heavy atom. The highest BCUT2D eigenvalue weighted by molar-refractivity contribution is 6.26. The topological polar surface area (TPSA) is 40.1 Å². The van der Waals surface area contributed by atoms with Gasteiger partial charge in [0, 0.05) is 32.9 Å². The maximum Gasteiger partial charge on any atom is 0.200 e. The Balaban J connectivity index is 1.13. The van der Waals surface area contributed by atoms with E-state index >= 15 is 0 Å². The third-order valence-electron chi connectivity index (χ3n) is 10.7. The summed E-state index contributed by atoms with van der Waals surface area (Å²) in [5, 5.41) is 6.06. The SMILES string of the molecule is O=c1c2ccccc2oc2cc(-c3cccc(-c4ccc5c(c4)c4ccc6c(c7ccccc7n6-c6ccccc6)c4n5-c4ccccc4)c3)ccc12. The van der Waals surface area contributed by atoms with E-state index in [1.165, 1.54) is 38.1 Å². The van der Waals surface area contributed by atoms with Crippen LogP contribution in [-0.4, -0.2) is 9.13 Å². The highest BCUT2D eigenvalue weighted by Gasteiger charge is 2.21. The molecule has 0 radical (unpaired) electrons. The van der Waals surface area contributed by atoms with E-state index in [4.69, 9.17) is 4.42 Å². The Hall–Kier alpha value is -7.17. The molecule has 53 heavy (non-hydrogen) atoms. The minimum atomic E-state index is -0.00738. The van der Waals surface area contributed by atoms with E-state index in [2.05, 4.69) is 149 Å². The Labute approximate surface area is 304 Å². The van der Waals surface area contributed by atoms with Crippen molar-refractivity contribution < 1.29 is 4.42 Å². The second-order valence-electron chi connectivity index (χ2n) is 13.7. The van der Waals surface area contributed by atoms with E-state index < -0.39 is 0 Å². The van der Waals surface area contributed by atoms with Crippen LogP contribution in [0, 0.1) is 0 Å². The number of rotatable bonds is 4. The van der Waals surface area contributed by atoms with Gasteiger partial charge in [-0.3, -0.25) is 4.79 Å². The molecule has 4 heteroatoms. The van der Waals surface area contributed by atoms with Crippen LogP contribution in [0.15, 0.2) is 191 Å². The first-order chi connectivity index (χ1) is 26.2. The fourth-order valence-corrected chi connectivity index (χ4v) is 8.30. The number of benzene rings is 8. The lowest BCUT2D eigenvalue weighted by molar-refractivity contribution is 0.660. The summed E-state index contributed by atoms with van der Waals surface area (Å²) in [7, 11) is 0. The molecule has 11 aromatic rings. The van der Waals surface area contributed by atoms with Crippen molar-refractivity contribution in [2.75, 3.05) is 0 Å². The average Bonchev–Trinajstić information content (AvgIpc) is 3.74. The minimum absolute atomic E-state index is 0.00738. The van der Waals surface area contributed by atoms with Crippen LogP contribution in [0.4, 0.5) is 0 Å². The second kappa shape index (κ2) is 11.4. The first-order valence-electron chi connectivity index (χ1n) is 17.9. The van der Waals surface area contributed by atoms with E-state index in [1.807, 2.05) is 42.5 Å². The van der Waals surface area contributed by atoms with E-state index in [0.29, 0.717) is 21.9 Å². The molecule has 0 aliphatic rings. The number of nitrogens with zero attached hydrogens (tertiary/aromatic N) is 2. The Morgan fingerprint density at radius 3 is 1.72 bits per heavy atom. The molecule has 0 bridgehead atoms. The molecule has 0 unspecified atom stereocenters. The van der Waals surface area contributed by atoms with Gasteiger partial charge in [-0.1, -0.05) is 103 Å². The molecule has 11 rings (SSSR count). The van der Waals surface area contributed by atoms with Crippen molar-refractivity contribution in [3.63, 3.8) is 0 Å². The lowest BCUT2D eigenvalue weighted by atomic mass is 9.97. The number of para-hydroxylation sites is 4. The molecular weight excluding hydrogens is 649 g/mol. The second-order valence-corrected chi connectivity index (χ2v) is 13.7. The molecule has 0 atom stereocenters. The van der Waals surface area contributed by atoms with Crippen LogP contribution in [0.5, 0.6) is 0 Å². The zero-order chi connectivity index (χ0) is 35.0. The monoisotopic (exact) mass is 678 g/mol. The summed E-state index contributed by atoms with van der Waals surface area (Å²) in [6.45, 7) is 0. The van der Waals surface area contributed by atoms with Crippen molar-refractivity contribution in [1.29, 1.82) is 0 Å². The third kappa shape index (κ3) is 4.46. The van der Waals surface area contributed by atoms with Gasteiger partial charge >= 0.3 is 0 Å². The van der Waals surface area contributed by atoms with Gasteiger partial charge in [0.05, 0.1) is 32.8 Å². The number of fused-ring (bicyclic) bond motifs is 9. The van der Waals surface area contributed by atoms with Crippen LogP contribution in [-0.2, 0) is 0 Å². The van der Waals surface area contributed by atoms with Crippen LogP contribution in [0.3, 0.4) is 0 Å². The summed E-state index contributed by atoms with van der Waals surface area (Å²) in [5.74, 6) is 0. The average molecular weight is 679 g/mol. The number of hydrogen-bond donors (Lipinski definition) is 0. The molecule has 3 aromatic heterocycles. The number of hydrogen-bond acceptors (Lipinski definition) is 2. The number of aromatic nitrogens is 2. The minimum Gasteiger partial charge on any atom is -0.456 e. The molecule has 8 aromatic carbocycles. The predicted octanol–water partition coefficient (Wildman–Crippen LogP) is 12.5. The smallest absolute Gasteiger partial charge is 0.200 e. The Bertz CT molecular complexity index is 3300. The molecule has 0 fully saturated rings. The molecule has 248 valence electrons. The summed E-state index contributed by atoms with van der Waals surface area (Å²) < 4.78 is 11.0. The van der Waals surface area contributed by atoms with E-state index in [1.54, 1.807) is 0 Å². The molecule has 0 saturated carbocycles. The first-order valence-corrected chi connectivity index (χ1v) is 17.9. The fraction of sp³-hybridized carbons (Fsp3) is 0. The van der Waals surface area contributed by atoms with Crippen LogP contribution < -0.4 is 5.43 Å². The van der Waals surface area contributed by atoms with Crippen molar-refractivity contribution >= 4 is 65.6 Å². The van der Waals surface area contributed by atoms with Crippen molar-refractivity contribution in [3.05, 3.63) is 192 Å². The summed E-state index contributed by atoms with van der Waals surface area (Å²) in [6.07, 6.45) is 0. The molecule has 0 saturated heterocycles. The quantitative estimate of drug-likeness (QED) is 0.174. The Morgan fingerprint density at radius 1 is 0.358 bits per heavy atom. The largest absolute Gasteiger partial charge is 0.456 e. The van der Waals surface area contributed by atoms with Crippen LogP contribution in [0.2, 0.25) is 0 Å². The maximum absolute atomic E-state index is 13.2. The van der Waals surface area contributed by atoms with Crippen molar-refractivity contribution in [1.82, 2.24) is 9.13 Å². The zero-order valence-corrected chi connectivity index (χ0v) is 28.5. The van der Waals surface area contributed by atoms with Crippen molar-refractivity contribution in [2.24, 2.45) is 0 Å². The summed E-state index contributed by atoms with van der Waals surface area (Å²) in [4.78, 5) is 13.2. The van der Waals surface area contributed by atoms with Gasteiger partial charge in [-0.25, -0.2) is 0 Å². The van der Waals surface area contributed by atoms with Crippen LogP contribution >= 0.6 is 0 Å². The van der Waals surface area contributed by atoms with Crippen molar-refractivity contribution in [3.8, 4) is 33.6 Å². The van der Waals surface area contributed by atoms with E-state index in [-0.39, 0.29) is 5.43 Å². The van der Waals surface area contributed by atoms with Crippen LogP contribution in [0.25, 0.3) is 99.2 Å². The fourth-order valence-electron chi connectivity index (χ4n) is 8.30. The van der Waals surface area contributed by atoms with E-state index in [0.717, 1.165) is 39.1 Å². The molecule has 0 spiro atoms. The summed E-state index contributed by atoms with van der Waals surface area (Å²) >= 11 is 0. The molecule has 0 N–H and O–H groups in total. The molecule has 0 aliphatic carbocycles.